The monoisotopic (exact) mass is 277 g/mol. The zero-order valence-electron chi connectivity index (χ0n) is 13.4. The summed E-state index contributed by atoms with van der Waals surface area (Å²) in [5.41, 5.74) is 1.42. The molecule has 20 heavy (non-hydrogen) atoms. The summed E-state index contributed by atoms with van der Waals surface area (Å²) in [6, 6.07) is 0. The summed E-state index contributed by atoms with van der Waals surface area (Å²) in [5.74, 6) is 2.07. The van der Waals surface area contributed by atoms with Crippen LogP contribution in [0.25, 0.3) is 0 Å². The fourth-order valence-electron chi connectivity index (χ4n) is 2.79. The summed E-state index contributed by atoms with van der Waals surface area (Å²) in [6.07, 6.45) is 3.79. The van der Waals surface area contributed by atoms with Gasteiger partial charge in [-0.1, -0.05) is 13.3 Å². The van der Waals surface area contributed by atoms with Crippen LogP contribution >= 0.6 is 0 Å². The average molecular weight is 277 g/mol. The predicted molar refractivity (Wildman–Crippen MR) is 84.5 cm³/mol. The van der Waals surface area contributed by atoms with Gasteiger partial charge in [-0.05, 0) is 27.3 Å². The van der Waals surface area contributed by atoms with Crippen molar-refractivity contribution in [3.05, 3.63) is 11.9 Å². The minimum Gasteiger partial charge on any atom is -0.373 e. The Balaban J connectivity index is 2.32. The number of nitrogens with zero attached hydrogens (tertiary/aromatic N) is 4. The van der Waals surface area contributed by atoms with Crippen LogP contribution in [0.1, 0.15) is 32.8 Å². The van der Waals surface area contributed by atoms with Crippen molar-refractivity contribution in [3.63, 3.8) is 0 Å². The third-order valence-corrected chi connectivity index (χ3v) is 4.28. The molecular formula is C15H27N5. The summed E-state index contributed by atoms with van der Waals surface area (Å²) >= 11 is 0. The Kier molecular flexibility index (Phi) is 4.48. The molecule has 112 valence electrons. The molecule has 1 aliphatic rings. The largest absolute Gasteiger partial charge is 0.373 e. The van der Waals surface area contributed by atoms with Gasteiger partial charge in [0.15, 0.2) is 0 Å². The van der Waals surface area contributed by atoms with E-state index in [0.29, 0.717) is 0 Å². The van der Waals surface area contributed by atoms with E-state index in [1.54, 1.807) is 6.33 Å². The van der Waals surface area contributed by atoms with Crippen LogP contribution in [0, 0.1) is 0 Å². The molecule has 2 rings (SSSR count). The maximum atomic E-state index is 4.58. The Bertz CT molecular complexity index is 458. The van der Waals surface area contributed by atoms with Crippen molar-refractivity contribution in [1.29, 1.82) is 0 Å². The lowest BCUT2D eigenvalue weighted by Gasteiger charge is -2.46. The molecule has 1 fully saturated rings. The molecule has 0 spiro atoms. The maximum absolute atomic E-state index is 4.58. The van der Waals surface area contributed by atoms with Gasteiger partial charge in [-0.15, -0.1) is 0 Å². The van der Waals surface area contributed by atoms with E-state index in [0.717, 1.165) is 44.1 Å². The standard InChI is InChI=1S/C15H27N5/c1-6-7-12-13(16-4)17-11-18-14(12)20-9-8-19(5)15(2,3)10-20/h11H,6-10H2,1-5H3,(H,16,17,18). The highest BCUT2D eigenvalue weighted by atomic mass is 15.3. The normalized spacial score (nSPS) is 19.1. The molecule has 1 aliphatic heterocycles. The second-order valence-electron chi connectivity index (χ2n) is 6.18. The second kappa shape index (κ2) is 5.95. The minimum absolute atomic E-state index is 0.173. The smallest absolute Gasteiger partial charge is 0.137 e. The summed E-state index contributed by atoms with van der Waals surface area (Å²) in [5, 5.41) is 3.20. The number of hydrogen-bond donors (Lipinski definition) is 1. The quantitative estimate of drug-likeness (QED) is 0.912. The van der Waals surface area contributed by atoms with E-state index >= 15 is 0 Å². The topological polar surface area (TPSA) is 44.3 Å². The highest BCUT2D eigenvalue weighted by Gasteiger charge is 2.32. The molecular weight excluding hydrogens is 250 g/mol. The van der Waals surface area contributed by atoms with Gasteiger partial charge in [0.2, 0.25) is 0 Å². The Hall–Kier alpha value is -1.36. The molecule has 1 N–H and O–H groups in total. The highest BCUT2D eigenvalue weighted by molar-refractivity contribution is 5.59. The summed E-state index contributed by atoms with van der Waals surface area (Å²) in [6.45, 7) is 9.87. The lowest BCUT2D eigenvalue weighted by molar-refractivity contribution is 0.138. The van der Waals surface area contributed by atoms with Gasteiger partial charge in [-0.25, -0.2) is 9.97 Å². The number of rotatable bonds is 4. The number of likely N-dealkylation sites (N-methyl/N-ethyl adjacent to an activating group) is 1. The van der Waals surface area contributed by atoms with E-state index in [2.05, 4.69) is 52.9 Å². The fourth-order valence-corrected chi connectivity index (χ4v) is 2.79. The van der Waals surface area contributed by atoms with E-state index in [9.17, 15) is 0 Å². The van der Waals surface area contributed by atoms with Crippen LogP contribution in [0.2, 0.25) is 0 Å². The first-order valence-corrected chi connectivity index (χ1v) is 7.47. The van der Waals surface area contributed by atoms with E-state index in [-0.39, 0.29) is 5.54 Å². The van der Waals surface area contributed by atoms with Gasteiger partial charge in [0.05, 0.1) is 0 Å². The number of anilines is 2. The molecule has 0 atom stereocenters. The van der Waals surface area contributed by atoms with Crippen molar-refractivity contribution in [2.45, 2.75) is 39.2 Å². The van der Waals surface area contributed by atoms with E-state index in [4.69, 9.17) is 0 Å². The third-order valence-electron chi connectivity index (χ3n) is 4.28. The summed E-state index contributed by atoms with van der Waals surface area (Å²) in [7, 11) is 4.13. The Labute approximate surface area is 122 Å². The molecule has 0 aromatic carbocycles. The van der Waals surface area contributed by atoms with E-state index in [1.807, 2.05) is 7.05 Å². The van der Waals surface area contributed by atoms with E-state index < -0.39 is 0 Å². The van der Waals surface area contributed by atoms with Crippen LogP contribution in [0.3, 0.4) is 0 Å². The van der Waals surface area contributed by atoms with Crippen molar-refractivity contribution < 1.29 is 0 Å². The zero-order chi connectivity index (χ0) is 14.8. The first kappa shape index (κ1) is 15.0. The van der Waals surface area contributed by atoms with Gasteiger partial charge in [0.1, 0.15) is 18.0 Å². The lowest BCUT2D eigenvalue weighted by Crippen LogP contribution is -2.58. The van der Waals surface area contributed by atoms with Crippen molar-refractivity contribution in [2.75, 3.05) is 43.9 Å². The molecule has 2 heterocycles. The molecule has 0 saturated carbocycles. The molecule has 0 bridgehead atoms. The molecule has 1 aromatic rings. The van der Waals surface area contributed by atoms with Gasteiger partial charge in [0.25, 0.3) is 0 Å². The third kappa shape index (κ3) is 2.87. The van der Waals surface area contributed by atoms with Crippen LogP contribution in [-0.2, 0) is 6.42 Å². The van der Waals surface area contributed by atoms with Crippen molar-refractivity contribution in [1.82, 2.24) is 14.9 Å². The summed E-state index contributed by atoms with van der Waals surface area (Å²) < 4.78 is 0. The van der Waals surface area contributed by atoms with Crippen molar-refractivity contribution in [3.8, 4) is 0 Å². The van der Waals surface area contributed by atoms with Gasteiger partial charge in [-0.2, -0.15) is 0 Å². The Morgan fingerprint density at radius 1 is 1.30 bits per heavy atom. The molecule has 0 radical (unpaired) electrons. The van der Waals surface area contributed by atoms with Crippen LogP contribution in [0.15, 0.2) is 6.33 Å². The average Bonchev–Trinajstić information content (AvgIpc) is 2.42. The van der Waals surface area contributed by atoms with Gasteiger partial charge in [-0.3, -0.25) is 4.90 Å². The fraction of sp³-hybridized carbons (Fsp3) is 0.733. The van der Waals surface area contributed by atoms with Crippen LogP contribution < -0.4 is 10.2 Å². The molecule has 1 aromatic heterocycles. The highest BCUT2D eigenvalue weighted by Crippen LogP contribution is 2.29. The zero-order valence-corrected chi connectivity index (χ0v) is 13.4. The molecule has 0 unspecified atom stereocenters. The maximum Gasteiger partial charge on any atom is 0.137 e. The number of piperazine rings is 1. The van der Waals surface area contributed by atoms with Crippen LogP contribution in [0.5, 0.6) is 0 Å². The van der Waals surface area contributed by atoms with E-state index in [1.165, 1.54) is 5.56 Å². The van der Waals surface area contributed by atoms with Gasteiger partial charge < -0.3 is 10.2 Å². The Morgan fingerprint density at radius 3 is 2.65 bits per heavy atom. The molecule has 0 aliphatic carbocycles. The second-order valence-corrected chi connectivity index (χ2v) is 6.18. The molecule has 5 nitrogen and oxygen atoms in total. The summed E-state index contributed by atoms with van der Waals surface area (Å²) in [4.78, 5) is 13.8. The molecule has 1 saturated heterocycles. The SMILES string of the molecule is CCCc1c(NC)ncnc1N1CCN(C)C(C)(C)C1. The predicted octanol–water partition coefficient (Wildman–Crippen LogP) is 2.00. The first-order valence-electron chi connectivity index (χ1n) is 7.47. The Morgan fingerprint density at radius 2 is 2.05 bits per heavy atom. The number of nitrogens with one attached hydrogen (secondary N) is 1. The first-order chi connectivity index (χ1) is 9.49. The van der Waals surface area contributed by atoms with Crippen molar-refractivity contribution in [2.24, 2.45) is 0 Å². The molecule has 5 heteroatoms. The van der Waals surface area contributed by atoms with Crippen LogP contribution in [0.4, 0.5) is 11.6 Å². The number of aromatic nitrogens is 2. The van der Waals surface area contributed by atoms with Gasteiger partial charge >= 0.3 is 0 Å². The van der Waals surface area contributed by atoms with Crippen LogP contribution in [-0.4, -0.2) is 54.1 Å². The minimum atomic E-state index is 0.173. The molecule has 0 amide bonds. The lowest BCUT2D eigenvalue weighted by atomic mass is 9.99. The van der Waals surface area contributed by atoms with Crippen molar-refractivity contribution >= 4 is 11.6 Å². The van der Waals surface area contributed by atoms with Gasteiger partial charge in [0, 0.05) is 37.8 Å². The number of hydrogen-bond acceptors (Lipinski definition) is 5.